The number of hydrogen-bond acceptors (Lipinski definition) is 3. The van der Waals surface area contributed by atoms with Crippen molar-refractivity contribution in [3.63, 3.8) is 0 Å². The molecule has 4 nitrogen and oxygen atoms in total. The Kier molecular flexibility index (Phi) is 3.22. The molecule has 1 fully saturated rings. The zero-order chi connectivity index (χ0) is 8.97. The maximum Gasteiger partial charge on any atom is 0.252 e. The van der Waals surface area contributed by atoms with E-state index in [4.69, 9.17) is 4.74 Å². The average Bonchev–Trinajstić information content (AvgIpc) is 2.09. The van der Waals surface area contributed by atoms with Gasteiger partial charge in [-0.2, -0.15) is 0 Å². The topological polar surface area (TPSA) is 46.6 Å². The van der Waals surface area contributed by atoms with Crippen LogP contribution in [-0.4, -0.2) is 42.9 Å². The van der Waals surface area contributed by atoms with Gasteiger partial charge in [0, 0.05) is 19.5 Å². The average molecular weight is 171 g/mol. The van der Waals surface area contributed by atoms with E-state index in [9.17, 15) is 9.59 Å². The van der Waals surface area contributed by atoms with Crippen molar-refractivity contribution in [1.82, 2.24) is 4.90 Å². The highest BCUT2D eigenvalue weighted by Crippen LogP contribution is 2.08. The van der Waals surface area contributed by atoms with Crippen LogP contribution < -0.4 is 0 Å². The number of morpholine rings is 1. The molecule has 12 heavy (non-hydrogen) atoms. The van der Waals surface area contributed by atoms with E-state index in [0.29, 0.717) is 19.7 Å². The van der Waals surface area contributed by atoms with Crippen LogP contribution >= 0.6 is 0 Å². The molecule has 1 rings (SSSR count). The lowest BCUT2D eigenvalue weighted by Crippen LogP contribution is -2.47. The van der Waals surface area contributed by atoms with E-state index in [1.54, 1.807) is 4.90 Å². The summed E-state index contributed by atoms with van der Waals surface area (Å²) in [6.07, 6.45) is 0.369. The molecule has 0 bridgehead atoms. The highest BCUT2D eigenvalue weighted by atomic mass is 16.5. The first-order valence-corrected chi connectivity index (χ1v) is 4.13. The Morgan fingerprint density at radius 3 is 3.08 bits per heavy atom. The number of likely N-dealkylation sites (N-methyl/N-ethyl adjacent to an activating group) is 1. The van der Waals surface area contributed by atoms with Crippen LogP contribution in [0.1, 0.15) is 13.3 Å². The van der Waals surface area contributed by atoms with Crippen molar-refractivity contribution < 1.29 is 14.3 Å². The summed E-state index contributed by atoms with van der Waals surface area (Å²) in [5.74, 6) is -0.0594. The summed E-state index contributed by atoms with van der Waals surface area (Å²) in [6, 6.07) is 0. The van der Waals surface area contributed by atoms with Crippen molar-refractivity contribution >= 4 is 12.2 Å². The molecule has 0 N–H and O–H groups in total. The van der Waals surface area contributed by atoms with E-state index in [-0.39, 0.29) is 12.3 Å². The second-order valence-corrected chi connectivity index (χ2v) is 2.68. The number of carbonyl (C=O) groups excluding carboxylic acids is 2. The van der Waals surface area contributed by atoms with E-state index >= 15 is 0 Å². The Labute approximate surface area is 71.5 Å². The smallest absolute Gasteiger partial charge is 0.252 e. The maximum absolute atomic E-state index is 11.4. The Bertz CT molecular complexity index is 181. The van der Waals surface area contributed by atoms with Gasteiger partial charge >= 0.3 is 0 Å². The van der Waals surface area contributed by atoms with Gasteiger partial charge in [0.2, 0.25) is 0 Å². The van der Waals surface area contributed by atoms with Crippen LogP contribution in [0, 0.1) is 0 Å². The quantitative estimate of drug-likeness (QED) is 0.553. The van der Waals surface area contributed by atoms with Crippen molar-refractivity contribution in [2.45, 2.75) is 19.4 Å². The number of hydrogen-bond donors (Lipinski definition) is 0. The first kappa shape index (κ1) is 9.19. The Morgan fingerprint density at radius 1 is 1.75 bits per heavy atom. The third-order valence-corrected chi connectivity index (χ3v) is 1.96. The zero-order valence-corrected chi connectivity index (χ0v) is 7.16. The molecule has 0 aliphatic carbocycles. The molecule has 1 atom stereocenters. The molecule has 1 unspecified atom stereocenters. The molecule has 4 heteroatoms. The van der Waals surface area contributed by atoms with Crippen LogP contribution in [0.4, 0.5) is 0 Å². The van der Waals surface area contributed by atoms with Crippen molar-refractivity contribution in [3.05, 3.63) is 0 Å². The van der Waals surface area contributed by atoms with E-state index < -0.39 is 6.10 Å². The van der Waals surface area contributed by atoms with Gasteiger partial charge in [0.1, 0.15) is 12.4 Å². The fourth-order valence-electron chi connectivity index (χ4n) is 1.26. The molecule has 0 radical (unpaired) electrons. The summed E-state index contributed by atoms with van der Waals surface area (Å²) in [5, 5.41) is 0. The van der Waals surface area contributed by atoms with Crippen LogP contribution in [0.15, 0.2) is 0 Å². The van der Waals surface area contributed by atoms with Gasteiger partial charge < -0.3 is 14.4 Å². The lowest BCUT2D eigenvalue weighted by atomic mass is 10.2. The molecular weight excluding hydrogens is 158 g/mol. The van der Waals surface area contributed by atoms with Crippen molar-refractivity contribution in [1.29, 1.82) is 0 Å². The lowest BCUT2D eigenvalue weighted by molar-refractivity contribution is -0.153. The summed E-state index contributed by atoms with van der Waals surface area (Å²) in [6.45, 7) is 3.79. The fourth-order valence-corrected chi connectivity index (χ4v) is 1.26. The Balaban J connectivity index is 2.52. The first-order chi connectivity index (χ1) is 5.79. The molecule has 0 aromatic rings. The summed E-state index contributed by atoms with van der Waals surface area (Å²) >= 11 is 0. The largest absolute Gasteiger partial charge is 0.366 e. The summed E-state index contributed by atoms with van der Waals surface area (Å²) < 4.78 is 5.14. The highest BCUT2D eigenvalue weighted by molar-refractivity contribution is 5.83. The lowest BCUT2D eigenvalue weighted by Gasteiger charge is -2.30. The molecule has 0 spiro atoms. The number of aldehydes is 1. The van der Waals surface area contributed by atoms with Gasteiger partial charge in [0.25, 0.3) is 5.91 Å². The van der Waals surface area contributed by atoms with Gasteiger partial charge in [0.15, 0.2) is 0 Å². The fraction of sp³-hybridized carbons (Fsp3) is 0.750. The second-order valence-electron chi connectivity index (χ2n) is 2.68. The molecule has 0 saturated carbocycles. The number of carbonyl (C=O) groups is 2. The Morgan fingerprint density at radius 2 is 2.50 bits per heavy atom. The van der Waals surface area contributed by atoms with E-state index in [1.807, 2.05) is 6.92 Å². The van der Waals surface area contributed by atoms with Crippen molar-refractivity contribution in [2.24, 2.45) is 0 Å². The molecule has 1 heterocycles. The molecular formula is C8H13NO3. The van der Waals surface area contributed by atoms with Gasteiger partial charge in [-0.15, -0.1) is 0 Å². The number of rotatable bonds is 3. The molecule has 0 aromatic carbocycles. The van der Waals surface area contributed by atoms with Gasteiger partial charge in [0.05, 0.1) is 6.61 Å². The third-order valence-electron chi connectivity index (χ3n) is 1.96. The van der Waals surface area contributed by atoms with Crippen LogP contribution in [0.25, 0.3) is 0 Å². The predicted molar refractivity (Wildman–Crippen MR) is 42.7 cm³/mol. The first-order valence-electron chi connectivity index (χ1n) is 4.13. The number of nitrogens with zero attached hydrogens (tertiary/aromatic N) is 1. The normalized spacial score (nSPS) is 24.2. The van der Waals surface area contributed by atoms with Gasteiger partial charge in [-0.05, 0) is 6.92 Å². The maximum atomic E-state index is 11.4. The molecule has 1 aliphatic rings. The van der Waals surface area contributed by atoms with Gasteiger partial charge in [-0.25, -0.2) is 0 Å². The molecule has 68 valence electrons. The molecule has 0 aromatic heterocycles. The molecule has 1 aliphatic heterocycles. The summed E-state index contributed by atoms with van der Waals surface area (Å²) in [7, 11) is 0. The third kappa shape index (κ3) is 1.82. The van der Waals surface area contributed by atoms with Crippen LogP contribution in [0.2, 0.25) is 0 Å². The highest BCUT2D eigenvalue weighted by Gasteiger charge is 2.27. The minimum Gasteiger partial charge on any atom is -0.366 e. The van der Waals surface area contributed by atoms with Gasteiger partial charge in [-0.3, -0.25) is 4.79 Å². The molecule has 1 saturated heterocycles. The minimum atomic E-state index is -0.531. The monoisotopic (exact) mass is 171 g/mol. The van der Waals surface area contributed by atoms with E-state index in [0.717, 1.165) is 6.29 Å². The van der Waals surface area contributed by atoms with Crippen LogP contribution in [0.3, 0.4) is 0 Å². The summed E-state index contributed by atoms with van der Waals surface area (Å²) in [4.78, 5) is 23.3. The minimum absolute atomic E-state index is 0.0594. The predicted octanol–water partition coefficient (Wildman–Crippen LogP) is -0.177. The second kappa shape index (κ2) is 4.21. The number of ether oxygens (including phenoxy) is 1. The van der Waals surface area contributed by atoms with Crippen LogP contribution in [-0.2, 0) is 14.3 Å². The molecule has 1 amide bonds. The van der Waals surface area contributed by atoms with Crippen LogP contribution in [0.5, 0.6) is 0 Å². The van der Waals surface area contributed by atoms with Gasteiger partial charge in [-0.1, -0.05) is 0 Å². The number of amides is 1. The standard InChI is InChI=1S/C8H13NO3/c1-2-9-4-6-12-7(3-5-10)8(9)11/h5,7H,2-4,6H2,1H3. The van der Waals surface area contributed by atoms with Crippen molar-refractivity contribution in [2.75, 3.05) is 19.7 Å². The zero-order valence-electron chi connectivity index (χ0n) is 7.16. The van der Waals surface area contributed by atoms with E-state index in [1.165, 1.54) is 0 Å². The van der Waals surface area contributed by atoms with Crippen molar-refractivity contribution in [3.8, 4) is 0 Å². The SMILES string of the molecule is CCN1CCOC(CC=O)C1=O. The summed E-state index contributed by atoms with van der Waals surface area (Å²) in [5.41, 5.74) is 0. The van der Waals surface area contributed by atoms with E-state index in [2.05, 4.69) is 0 Å². The Hall–Kier alpha value is -0.900.